The van der Waals surface area contributed by atoms with Crippen LogP contribution in [0.25, 0.3) is 11.1 Å². The Balaban J connectivity index is 2.70. The molecule has 0 saturated heterocycles. The lowest BCUT2D eigenvalue weighted by Gasteiger charge is -2.16. The van der Waals surface area contributed by atoms with Gasteiger partial charge in [0, 0.05) is 23.4 Å². The predicted molar refractivity (Wildman–Crippen MR) is 77.3 cm³/mol. The van der Waals surface area contributed by atoms with Crippen molar-refractivity contribution in [2.24, 2.45) is 5.73 Å². The third-order valence-corrected chi connectivity index (χ3v) is 3.03. The summed E-state index contributed by atoms with van der Waals surface area (Å²) in [6.45, 7) is 0.431. The average molecular weight is 258 g/mol. The summed E-state index contributed by atoms with van der Waals surface area (Å²) < 4.78 is 10.8. The van der Waals surface area contributed by atoms with Gasteiger partial charge in [0.15, 0.2) is 11.5 Å². The van der Waals surface area contributed by atoms with Gasteiger partial charge in [-0.2, -0.15) is 0 Å². The van der Waals surface area contributed by atoms with Crippen molar-refractivity contribution in [3.8, 4) is 22.6 Å². The van der Waals surface area contributed by atoms with E-state index < -0.39 is 0 Å². The van der Waals surface area contributed by atoms with Gasteiger partial charge in [-0.15, -0.1) is 0 Å². The van der Waals surface area contributed by atoms with Gasteiger partial charge in [0.25, 0.3) is 0 Å². The van der Waals surface area contributed by atoms with Gasteiger partial charge in [0.1, 0.15) is 0 Å². The van der Waals surface area contributed by atoms with Gasteiger partial charge < -0.3 is 20.9 Å². The molecule has 2 aromatic rings. The minimum atomic E-state index is 0.431. The lowest BCUT2D eigenvalue weighted by atomic mass is 9.99. The maximum Gasteiger partial charge on any atom is 0.168 e. The molecule has 100 valence electrons. The van der Waals surface area contributed by atoms with E-state index in [0.29, 0.717) is 23.7 Å². The van der Waals surface area contributed by atoms with Crippen LogP contribution < -0.4 is 20.9 Å². The highest BCUT2D eigenvalue weighted by Crippen LogP contribution is 2.41. The van der Waals surface area contributed by atoms with Crippen LogP contribution in [0.2, 0.25) is 0 Å². The molecule has 0 aliphatic carbocycles. The van der Waals surface area contributed by atoms with E-state index >= 15 is 0 Å². The van der Waals surface area contributed by atoms with Crippen LogP contribution in [0.4, 0.5) is 5.69 Å². The van der Waals surface area contributed by atoms with Gasteiger partial charge in [-0.05, 0) is 23.8 Å². The molecule has 0 radical (unpaired) electrons. The fourth-order valence-corrected chi connectivity index (χ4v) is 2.08. The van der Waals surface area contributed by atoms with Crippen molar-refractivity contribution in [1.82, 2.24) is 0 Å². The molecule has 2 aromatic carbocycles. The summed E-state index contributed by atoms with van der Waals surface area (Å²) >= 11 is 0. The van der Waals surface area contributed by atoms with E-state index in [1.165, 1.54) is 0 Å². The summed E-state index contributed by atoms with van der Waals surface area (Å²) in [5.74, 6) is 1.32. The highest BCUT2D eigenvalue weighted by molar-refractivity contribution is 5.82. The summed E-state index contributed by atoms with van der Waals surface area (Å²) in [6.07, 6.45) is 0. The van der Waals surface area contributed by atoms with Crippen molar-refractivity contribution in [2.45, 2.75) is 6.54 Å². The van der Waals surface area contributed by atoms with Crippen molar-refractivity contribution in [3.63, 3.8) is 0 Å². The molecule has 0 aliphatic heterocycles. The lowest BCUT2D eigenvalue weighted by Crippen LogP contribution is -2.01. The van der Waals surface area contributed by atoms with E-state index in [-0.39, 0.29) is 0 Å². The number of rotatable bonds is 4. The second-order valence-electron chi connectivity index (χ2n) is 4.17. The molecule has 0 bridgehead atoms. The quantitative estimate of drug-likeness (QED) is 0.826. The van der Waals surface area contributed by atoms with Crippen LogP contribution in [0.3, 0.4) is 0 Å². The zero-order valence-electron chi connectivity index (χ0n) is 11.1. The van der Waals surface area contributed by atoms with Gasteiger partial charge in [-0.1, -0.05) is 18.2 Å². The Morgan fingerprint density at radius 3 is 2.32 bits per heavy atom. The molecule has 0 atom stereocenters. The molecule has 0 spiro atoms. The Morgan fingerprint density at radius 1 is 1.00 bits per heavy atom. The van der Waals surface area contributed by atoms with Gasteiger partial charge in [-0.25, -0.2) is 0 Å². The zero-order chi connectivity index (χ0) is 13.8. The van der Waals surface area contributed by atoms with Gasteiger partial charge in [0.05, 0.1) is 14.2 Å². The second-order valence-corrected chi connectivity index (χ2v) is 4.17. The first-order valence-electron chi connectivity index (χ1n) is 6.01. The first-order valence-corrected chi connectivity index (χ1v) is 6.01. The number of benzene rings is 2. The first-order chi connectivity index (χ1) is 9.21. The zero-order valence-corrected chi connectivity index (χ0v) is 11.1. The molecular weight excluding hydrogens is 240 g/mol. The first kappa shape index (κ1) is 13.2. The van der Waals surface area contributed by atoms with Crippen LogP contribution in [0.1, 0.15) is 5.56 Å². The number of para-hydroxylation sites is 1. The molecule has 4 heteroatoms. The van der Waals surface area contributed by atoms with Crippen LogP contribution in [0, 0.1) is 0 Å². The lowest BCUT2D eigenvalue weighted by molar-refractivity contribution is 0.356. The van der Waals surface area contributed by atoms with E-state index in [1.807, 2.05) is 36.4 Å². The number of methoxy groups -OCH3 is 2. The van der Waals surface area contributed by atoms with E-state index in [1.54, 1.807) is 14.2 Å². The number of hydrogen-bond acceptors (Lipinski definition) is 4. The summed E-state index contributed by atoms with van der Waals surface area (Å²) in [4.78, 5) is 0. The number of ether oxygens (including phenoxy) is 2. The van der Waals surface area contributed by atoms with Crippen molar-refractivity contribution < 1.29 is 9.47 Å². The number of nitrogen functional groups attached to an aromatic ring is 1. The van der Waals surface area contributed by atoms with E-state index in [2.05, 4.69) is 0 Å². The molecule has 0 unspecified atom stereocenters. The SMILES string of the molecule is COc1cc(CN)cc(-c2ccccc2N)c1OC. The summed E-state index contributed by atoms with van der Waals surface area (Å²) in [5, 5.41) is 0. The van der Waals surface area contributed by atoms with Crippen molar-refractivity contribution >= 4 is 5.69 Å². The summed E-state index contributed by atoms with van der Waals surface area (Å²) in [5.41, 5.74) is 15.2. The minimum absolute atomic E-state index is 0.431. The van der Waals surface area contributed by atoms with Crippen LogP contribution in [-0.2, 0) is 6.54 Å². The molecule has 0 saturated carbocycles. The van der Waals surface area contributed by atoms with Crippen molar-refractivity contribution in [1.29, 1.82) is 0 Å². The second kappa shape index (κ2) is 5.63. The molecule has 0 aliphatic rings. The smallest absolute Gasteiger partial charge is 0.168 e. The van der Waals surface area contributed by atoms with Gasteiger partial charge in [0.2, 0.25) is 0 Å². The Morgan fingerprint density at radius 2 is 1.74 bits per heavy atom. The highest BCUT2D eigenvalue weighted by atomic mass is 16.5. The molecule has 2 rings (SSSR count). The maximum atomic E-state index is 6.03. The predicted octanol–water partition coefficient (Wildman–Crippen LogP) is 2.41. The van der Waals surface area contributed by atoms with Crippen molar-refractivity contribution in [3.05, 3.63) is 42.0 Å². The molecule has 0 amide bonds. The number of nitrogens with two attached hydrogens (primary N) is 2. The third kappa shape index (κ3) is 2.48. The molecule has 19 heavy (non-hydrogen) atoms. The average Bonchev–Trinajstić information content (AvgIpc) is 2.46. The van der Waals surface area contributed by atoms with Gasteiger partial charge >= 0.3 is 0 Å². The Kier molecular flexibility index (Phi) is 3.92. The third-order valence-electron chi connectivity index (χ3n) is 3.03. The Bertz CT molecular complexity index is 582. The maximum absolute atomic E-state index is 6.03. The normalized spacial score (nSPS) is 10.3. The van der Waals surface area contributed by atoms with Crippen LogP contribution in [-0.4, -0.2) is 14.2 Å². The topological polar surface area (TPSA) is 70.5 Å². The van der Waals surface area contributed by atoms with E-state index in [9.17, 15) is 0 Å². The van der Waals surface area contributed by atoms with Crippen LogP contribution >= 0.6 is 0 Å². The fourth-order valence-electron chi connectivity index (χ4n) is 2.08. The summed E-state index contributed by atoms with van der Waals surface area (Å²) in [6, 6.07) is 11.5. The standard InChI is InChI=1S/C15H18N2O2/c1-18-14-8-10(9-16)7-12(15(14)19-2)11-5-3-4-6-13(11)17/h3-8H,9,16-17H2,1-2H3. The number of hydrogen-bond donors (Lipinski definition) is 2. The van der Waals surface area contributed by atoms with Crippen molar-refractivity contribution in [2.75, 3.05) is 20.0 Å². The Labute approximate surface area is 112 Å². The summed E-state index contributed by atoms with van der Waals surface area (Å²) in [7, 11) is 3.22. The molecule has 0 fully saturated rings. The molecule has 0 aromatic heterocycles. The van der Waals surface area contributed by atoms with Gasteiger partial charge in [-0.3, -0.25) is 0 Å². The van der Waals surface area contributed by atoms with Crippen LogP contribution in [0.5, 0.6) is 11.5 Å². The molecule has 0 heterocycles. The molecule has 4 nitrogen and oxygen atoms in total. The highest BCUT2D eigenvalue weighted by Gasteiger charge is 2.15. The monoisotopic (exact) mass is 258 g/mol. The Hall–Kier alpha value is -2.20. The molecule has 4 N–H and O–H groups in total. The van der Waals surface area contributed by atoms with Crippen LogP contribution in [0.15, 0.2) is 36.4 Å². The van der Waals surface area contributed by atoms with E-state index in [4.69, 9.17) is 20.9 Å². The number of anilines is 1. The largest absolute Gasteiger partial charge is 0.493 e. The van der Waals surface area contributed by atoms with E-state index in [0.717, 1.165) is 16.7 Å². The fraction of sp³-hybridized carbons (Fsp3) is 0.200. The molecular formula is C15H18N2O2. The minimum Gasteiger partial charge on any atom is -0.493 e.